The van der Waals surface area contributed by atoms with Gasteiger partial charge < -0.3 is 10.1 Å². The van der Waals surface area contributed by atoms with Gasteiger partial charge in [0.1, 0.15) is 0 Å². The summed E-state index contributed by atoms with van der Waals surface area (Å²) in [4.78, 5) is 0. The van der Waals surface area contributed by atoms with Gasteiger partial charge in [-0.2, -0.15) is 0 Å². The van der Waals surface area contributed by atoms with Gasteiger partial charge in [-0.3, -0.25) is 0 Å². The third-order valence-corrected chi connectivity index (χ3v) is 1.87. The highest BCUT2D eigenvalue weighted by Gasteiger charge is 2.07. The van der Waals surface area contributed by atoms with Crippen LogP contribution in [0, 0.1) is 12.7 Å². The monoisotopic (exact) mass is 183 g/mol. The van der Waals surface area contributed by atoms with E-state index >= 15 is 0 Å². The van der Waals surface area contributed by atoms with Crippen LogP contribution in [-0.4, -0.2) is 14.2 Å². The Labute approximate surface area is 77.7 Å². The molecule has 0 amide bonds. The van der Waals surface area contributed by atoms with Crippen LogP contribution in [0.25, 0.3) is 0 Å². The second-order valence-electron chi connectivity index (χ2n) is 2.96. The van der Waals surface area contributed by atoms with Crippen molar-refractivity contribution < 1.29 is 9.13 Å². The number of benzene rings is 1. The molecule has 0 bridgehead atoms. The number of ether oxygens (including phenoxy) is 1. The molecule has 72 valence electrons. The molecule has 1 aromatic carbocycles. The largest absolute Gasteiger partial charge is 0.493 e. The number of nitrogens with one attached hydrogen (secondary N) is 1. The maximum Gasteiger partial charge on any atom is 0.165 e. The normalized spacial score (nSPS) is 10.2. The van der Waals surface area contributed by atoms with E-state index < -0.39 is 0 Å². The molecule has 1 aromatic rings. The molecule has 3 heteroatoms. The van der Waals surface area contributed by atoms with Crippen LogP contribution in [-0.2, 0) is 6.54 Å². The molecule has 0 saturated carbocycles. The zero-order valence-corrected chi connectivity index (χ0v) is 8.15. The summed E-state index contributed by atoms with van der Waals surface area (Å²) >= 11 is 0. The van der Waals surface area contributed by atoms with Crippen LogP contribution in [0.5, 0.6) is 5.75 Å². The van der Waals surface area contributed by atoms with Crippen molar-refractivity contribution in [2.75, 3.05) is 14.2 Å². The Balaban J connectivity index is 3.05. The first-order valence-corrected chi connectivity index (χ1v) is 4.16. The molecule has 0 atom stereocenters. The molecule has 0 heterocycles. The summed E-state index contributed by atoms with van der Waals surface area (Å²) in [5.74, 6) is 0.0348. The van der Waals surface area contributed by atoms with Gasteiger partial charge in [0.25, 0.3) is 0 Å². The Kier molecular flexibility index (Phi) is 3.25. The van der Waals surface area contributed by atoms with Gasteiger partial charge in [0, 0.05) is 6.54 Å². The van der Waals surface area contributed by atoms with Gasteiger partial charge in [-0.1, -0.05) is 6.07 Å². The van der Waals surface area contributed by atoms with E-state index in [1.54, 1.807) is 0 Å². The lowest BCUT2D eigenvalue weighted by Crippen LogP contribution is -2.06. The molecule has 13 heavy (non-hydrogen) atoms. The van der Waals surface area contributed by atoms with E-state index in [0.717, 1.165) is 11.1 Å². The van der Waals surface area contributed by atoms with Crippen LogP contribution in [0.2, 0.25) is 0 Å². The molecule has 1 rings (SSSR count). The minimum absolute atomic E-state index is 0.298. The van der Waals surface area contributed by atoms with Gasteiger partial charge in [-0.15, -0.1) is 0 Å². The molecular weight excluding hydrogens is 169 g/mol. The van der Waals surface area contributed by atoms with Crippen molar-refractivity contribution in [1.82, 2.24) is 5.32 Å². The molecule has 0 unspecified atom stereocenters. The second-order valence-corrected chi connectivity index (χ2v) is 2.96. The van der Waals surface area contributed by atoms with Crippen molar-refractivity contribution >= 4 is 0 Å². The topological polar surface area (TPSA) is 21.3 Å². The first kappa shape index (κ1) is 9.99. The lowest BCUT2D eigenvalue weighted by Gasteiger charge is -2.08. The van der Waals surface area contributed by atoms with Crippen LogP contribution in [0.3, 0.4) is 0 Å². The van der Waals surface area contributed by atoms with Gasteiger partial charge >= 0.3 is 0 Å². The summed E-state index contributed by atoms with van der Waals surface area (Å²) in [7, 11) is 3.31. The van der Waals surface area contributed by atoms with Gasteiger partial charge in [0.2, 0.25) is 0 Å². The van der Waals surface area contributed by atoms with Gasteiger partial charge in [-0.05, 0) is 31.2 Å². The van der Waals surface area contributed by atoms with E-state index in [4.69, 9.17) is 4.74 Å². The zero-order chi connectivity index (χ0) is 9.84. The Morgan fingerprint density at radius 1 is 1.46 bits per heavy atom. The molecule has 0 spiro atoms. The van der Waals surface area contributed by atoms with Gasteiger partial charge in [0.15, 0.2) is 11.6 Å². The number of aryl methyl sites for hydroxylation is 1. The summed E-state index contributed by atoms with van der Waals surface area (Å²) in [5, 5.41) is 2.97. The van der Waals surface area contributed by atoms with Crippen LogP contribution in [0.15, 0.2) is 12.1 Å². The quantitative estimate of drug-likeness (QED) is 0.772. The standard InChI is InChI=1S/C10H14FNO/c1-7-4-8(6-12-2)5-9(11)10(7)13-3/h4-5,12H,6H2,1-3H3. The zero-order valence-electron chi connectivity index (χ0n) is 8.15. The van der Waals surface area contributed by atoms with Crippen molar-refractivity contribution in [3.05, 3.63) is 29.1 Å². The number of halogens is 1. The lowest BCUT2D eigenvalue weighted by atomic mass is 10.1. The SMILES string of the molecule is CNCc1cc(C)c(OC)c(F)c1. The number of hydrogen-bond acceptors (Lipinski definition) is 2. The highest BCUT2D eigenvalue weighted by Crippen LogP contribution is 2.23. The van der Waals surface area contributed by atoms with E-state index in [1.165, 1.54) is 13.2 Å². The smallest absolute Gasteiger partial charge is 0.165 e. The number of methoxy groups -OCH3 is 1. The molecule has 0 fully saturated rings. The summed E-state index contributed by atoms with van der Waals surface area (Å²) in [6.45, 7) is 2.50. The fraction of sp³-hybridized carbons (Fsp3) is 0.400. The summed E-state index contributed by atoms with van der Waals surface area (Å²) < 4.78 is 18.2. The molecule has 0 saturated heterocycles. The lowest BCUT2D eigenvalue weighted by molar-refractivity contribution is 0.383. The third kappa shape index (κ3) is 2.18. The Hall–Kier alpha value is -1.09. The van der Waals surface area contributed by atoms with E-state index in [-0.39, 0.29) is 5.82 Å². The number of rotatable bonds is 3. The molecule has 1 N–H and O–H groups in total. The van der Waals surface area contributed by atoms with Crippen LogP contribution < -0.4 is 10.1 Å². The molecule has 0 aliphatic carbocycles. The van der Waals surface area contributed by atoms with Crippen LogP contribution >= 0.6 is 0 Å². The maximum absolute atomic E-state index is 13.3. The Morgan fingerprint density at radius 3 is 2.62 bits per heavy atom. The fourth-order valence-corrected chi connectivity index (χ4v) is 1.37. The number of hydrogen-bond donors (Lipinski definition) is 1. The maximum atomic E-state index is 13.3. The highest BCUT2D eigenvalue weighted by molar-refractivity contribution is 5.37. The van der Waals surface area contributed by atoms with Crippen molar-refractivity contribution in [3.63, 3.8) is 0 Å². The van der Waals surface area contributed by atoms with Crippen molar-refractivity contribution in [1.29, 1.82) is 0 Å². The summed E-state index contributed by atoms with van der Waals surface area (Å²) in [6.07, 6.45) is 0. The predicted molar refractivity (Wildman–Crippen MR) is 50.5 cm³/mol. The first-order chi connectivity index (χ1) is 6.19. The molecule has 0 radical (unpaired) electrons. The van der Waals surface area contributed by atoms with Gasteiger partial charge in [-0.25, -0.2) is 4.39 Å². The van der Waals surface area contributed by atoms with Crippen molar-refractivity contribution in [2.24, 2.45) is 0 Å². The predicted octanol–water partition coefficient (Wildman–Crippen LogP) is 1.86. The van der Waals surface area contributed by atoms with Crippen LogP contribution in [0.1, 0.15) is 11.1 Å². The minimum Gasteiger partial charge on any atom is -0.493 e. The van der Waals surface area contributed by atoms with Crippen molar-refractivity contribution in [3.8, 4) is 5.75 Å². The first-order valence-electron chi connectivity index (χ1n) is 4.16. The van der Waals surface area contributed by atoms with E-state index in [2.05, 4.69) is 5.32 Å². The summed E-state index contributed by atoms with van der Waals surface area (Å²) in [6, 6.07) is 3.40. The van der Waals surface area contributed by atoms with E-state index in [9.17, 15) is 4.39 Å². The van der Waals surface area contributed by atoms with Crippen LogP contribution in [0.4, 0.5) is 4.39 Å². The second kappa shape index (κ2) is 4.23. The summed E-state index contributed by atoms with van der Waals surface area (Å²) in [5.41, 5.74) is 1.76. The van der Waals surface area contributed by atoms with Crippen molar-refractivity contribution in [2.45, 2.75) is 13.5 Å². The minimum atomic E-state index is -0.298. The molecule has 0 aliphatic heterocycles. The van der Waals surface area contributed by atoms with E-state index in [1.807, 2.05) is 20.0 Å². The molecule has 2 nitrogen and oxygen atoms in total. The highest BCUT2D eigenvalue weighted by atomic mass is 19.1. The molecule has 0 aromatic heterocycles. The molecule has 0 aliphatic rings. The fourth-order valence-electron chi connectivity index (χ4n) is 1.37. The molecular formula is C10H14FNO. The van der Waals surface area contributed by atoms with E-state index in [0.29, 0.717) is 12.3 Å². The third-order valence-electron chi connectivity index (χ3n) is 1.87. The average Bonchev–Trinajstić information content (AvgIpc) is 2.04. The van der Waals surface area contributed by atoms with Gasteiger partial charge in [0.05, 0.1) is 7.11 Å². The average molecular weight is 183 g/mol. The Morgan fingerprint density at radius 2 is 2.15 bits per heavy atom. The Bertz CT molecular complexity index is 276.